The fourth-order valence-corrected chi connectivity index (χ4v) is 6.73. The van der Waals surface area contributed by atoms with E-state index >= 15 is 0 Å². The van der Waals surface area contributed by atoms with Crippen LogP contribution in [0.25, 0.3) is 0 Å². The maximum atomic E-state index is 12.7. The van der Waals surface area contributed by atoms with E-state index in [2.05, 4.69) is 50.3 Å². The minimum Gasteiger partial charge on any atom is -0.544 e. The second kappa shape index (κ2) is 39.4. The van der Waals surface area contributed by atoms with Crippen molar-refractivity contribution in [3.63, 3.8) is 0 Å². The molecule has 0 rings (SSSR count). The van der Waals surface area contributed by atoms with Crippen molar-refractivity contribution in [2.75, 3.05) is 41.0 Å². The second-order valence-electron chi connectivity index (χ2n) is 16.6. The molecule has 0 saturated carbocycles. The van der Waals surface area contributed by atoms with Crippen LogP contribution in [-0.4, -0.2) is 75.5 Å². The molecule has 56 heavy (non-hydrogen) atoms. The van der Waals surface area contributed by atoms with Crippen LogP contribution in [-0.2, 0) is 28.6 Å². The Morgan fingerprint density at radius 3 is 1.48 bits per heavy atom. The minimum absolute atomic E-state index is 0.0430. The van der Waals surface area contributed by atoms with Crippen molar-refractivity contribution in [2.45, 2.75) is 212 Å². The number of nitrogens with zero attached hydrogens (tertiary/aromatic N) is 1. The number of unbranched alkanes of at least 4 members (excludes halogenated alkanes) is 21. The first-order valence-corrected chi connectivity index (χ1v) is 23.0. The van der Waals surface area contributed by atoms with Crippen molar-refractivity contribution in [2.24, 2.45) is 0 Å². The molecule has 0 aromatic heterocycles. The predicted octanol–water partition coefficient (Wildman–Crippen LogP) is 11.3. The highest BCUT2D eigenvalue weighted by Gasteiger charge is 2.25. The molecule has 0 fully saturated rings. The van der Waals surface area contributed by atoms with Crippen molar-refractivity contribution in [1.29, 1.82) is 0 Å². The summed E-state index contributed by atoms with van der Waals surface area (Å²) in [5, 5.41) is 11.6. The smallest absolute Gasteiger partial charge is 0.306 e. The topological polar surface area (TPSA) is 102 Å². The summed E-state index contributed by atoms with van der Waals surface area (Å²) in [5.41, 5.74) is 0. The first-order valence-electron chi connectivity index (χ1n) is 23.0. The summed E-state index contributed by atoms with van der Waals surface area (Å²) in [6.07, 6.45) is 44.5. The van der Waals surface area contributed by atoms with Gasteiger partial charge in [-0.25, -0.2) is 0 Å². The Labute approximate surface area is 344 Å². The number of hydrogen-bond donors (Lipinski definition) is 0. The first-order chi connectivity index (χ1) is 27.1. The molecule has 8 heteroatoms. The monoisotopic (exact) mass is 790 g/mol. The number of esters is 2. The normalized spacial score (nSPS) is 13.2. The number of rotatable bonds is 41. The van der Waals surface area contributed by atoms with Crippen LogP contribution in [0.1, 0.15) is 200 Å². The molecule has 0 spiro atoms. The lowest BCUT2D eigenvalue weighted by molar-refractivity contribution is -0.889. The quantitative estimate of drug-likeness (QED) is 0.0263. The summed E-state index contributed by atoms with van der Waals surface area (Å²) >= 11 is 0. The maximum absolute atomic E-state index is 12.7. The molecule has 0 aliphatic heterocycles. The van der Waals surface area contributed by atoms with Gasteiger partial charge in [0.25, 0.3) is 0 Å². The van der Waals surface area contributed by atoms with Gasteiger partial charge in [-0.2, -0.15) is 0 Å². The molecule has 0 saturated heterocycles. The van der Waals surface area contributed by atoms with E-state index in [0.29, 0.717) is 12.8 Å². The highest BCUT2D eigenvalue weighted by molar-refractivity contribution is 5.70. The number of carbonyl (C=O) groups excluding carboxylic acids is 3. The molecule has 0 amide bonds. The van der Waals surface area contributed by atoms with E-state index in [1.807, 2.05) is 0 Å². The molecule has 0 N–H and O–H groups in total. The number of carboxylic acids is 1. The van der Waals surface area contributed by atoms with Crippen molar-refractivity contribution < 1.29 is 38.2 Å². The highest BCUT2D eigenvalue weighted by Crippen LogP contribution is 2.15. The number of likely N-dealkylation sites (N-methyl/N-ethyl adjacent to an activating group) is 1. The SMILES string of the molecule is CC/C=C/C/C=C/C/C=C/CCCCCCCCCCCCCC(=O)OCC(COCCC(C(=O)[O-])[N+](C)(C)C)OC(=O)CCCCCCCCCCCCC. The van der Waals surface area contributed by atoms with Gasteiger partial charge in [-0.3, -0.25) is 9.59 Å². The van der Waals surface area contributed by atoms with E-state index in [0.717, 1.165) is 57.8 Å². The van der Waals surface area contributed by atoms with Crippen molar-refractivity contribution in [3.05, 3.63) is 36.5 Å². The number of carboxylic acid groups (broad SMARTS) is 1. The van der Waals surface area contributed by atoms with Crippen molar-refractivity contribution >= 4 is 17.9 Å². The van der Waals surface area contributed by atoms with Gasteiger partial charge in [0.15, 0.2) is 6.10 Å². The number of allylic oxidation sites excluding steroid dienone is 6. The van der Waals surface area contributed by atoms with Gasteiger partial charge in [0, 0.05) is 19.3 Å². The summed E-state index contributed by atoms with van der Waals surface area (Å²) < 4.78 is 17.2. The lowest BCUT2D eigenvalue weighted by Gasteiger charge is -2.34. The van der Waals surface area contributed by atoms with E-state index in [4.69, 9.17) is 14.2 Å². The molecular formula is C48H87NO7. The van der Waals surface area contributed by atoms with Gasteiger partial charge < -0.3 is 28.6 Å². The maximum Gasteiger partial charge on any atom is 0.306 e. The van der Waals surface area contributed by atoms with Gasteiger partial charge in [0.05, 0.1) is 40.3 Å². The fourth-order valence-electron chi connectivity index (χ4n) is 6.73. The highest BCUT2D eigenvalue weighted by atomic mass is 16.6. The summed E-state index contributed by atoms with van der Waals surface area (Å²) in [7, 11) is 5.41. The van der Waals surface area contributed by atoms with Crippen LogP contribution in [0.5, 0.6) is 0 Å². The van der Waals surface area contributed by atoms with Gasteiger partial charge in [0.1, 0.15) is 12.6 Å². The summed E-state index contributed by atoms with van der Waals surface area (Å²) in [6.45, 7) is 4.55. The van der Waals surface area contributed by atoms with E-state index in [9.17, 15) is 19.5 Å². The first kappa shape index (κ1) is 53.6. The van der Waals surface area contributed by atoms with Gasteiger partial charge >= 0.3 is 11.9 Å². The lowest BCUT2D eigenvalue weighted by Crippen LogP contribution is -2.55. The van der Waals surface area contributed by atoms with Gasteiger partial charge in [-0.15, -0.1) is 0 Å². The van der Waals surface area contributed by atoms with Gasteiger partial charge in [0.2, 0.25) is 0 Å². The van der Waals surface area contributed by atoms with E-state index < -0.39 is 18.1 Å². The Bertz CT molecular complexity index is 1020. The molecule has 0 aliphatic carbocycles. The molecule has 2 unspecified atom stereocenters. The molecule has 0 radical (unpaired) electrons. The van der Waals surface area contributed by atoms with Crippen LogP contribution in [0.15, 0.2) is 36.5 Å². The van der Waals surface area contributed by atoms with Gasteiger partial charge in [-0.1, -0.05) is 172 Å². The third kappa shape index (κ3) is 37.1. The Hall–Kier alpha value is -2.45. The number of hydrogen-bond acceptors (Lipinski definition) is 7. The van der Waals surface area contributed by atoms with Gasteiger partial charge in [-0.05, 0) is 44.9 Å². The standard InChI is InChI=1S/C48H87NO7/c1-6-8-10-12-14-16-18-19-20-21-22-23-24-25-26-27-29-30-32-34-36-38-46(50)55-43-44(42-54-41-40-45(48(52)53)49(3,4)5)56-47(51)39-37-35-33-31-28-17-15-13-11-9-7-2/h8,10,14,16,19-20,44-45H,6-7,9,11-13,15,17-18,21-43H2,1-5H3/b10-8+,16-14+,20-19+. The van der Waals surface area contributed by atoms with Crippen LogP contribution in [0.4, 0.5) is 0 Å². The molecule has 0 bridgehead atoms. The second-order valence-corrected chi connectivity index (χ2v) is 16.6. The zero-order valence-corrected chi connectivity index (χ0v) is 37.1. The van der Waals surface area contributed by atoms with Crippen LogP contribution in [0.2, 0.25) is 0 Å². The predicted molar refractivity (Wildman–Crippen MR) is 231 cm³/mol. The number of carbonyl (C=O) groups is 3. The zero-order valence-electron chi connectivity index (χ0n) is 37.1. The molecule has 2 atom stereocenters. The summed E-state index contributed by atoms with van der Waals surface area (Å²) in [5.74, 6) is -1.73. The van der Waals surface area contributed by atoms with Crippen LogP contribution in [0, 0.1) is 0 Å². The van der Waals surface area contributed by atoms with Crippen LogP contribution >= 0.6 is 0 Å². The van der Waals surface area contributed by atoms with Crippen molar-refractivity contribution in [3.8, 4) is 0 Å². The Balaban J connectivity index is 4.21. The molecule has 0 aromatic carbocycles. The summed E-state index contributed by atoms with van der Waals surface area (Å²) in [4.78, 5) is 36.8. The molecule has 326 valence electrons. The lowest BCUT2D eigenvalue weighted by atomic mass is 10.0. The van der Waals surface area contributed by atoms with Crippen LogP contribution in [0.3, 0.4) is 0 Å². The molecule has 0 aliphatic rings. The number of aliphatic carboxylic acids is 1. The number of ether oxygens (including phenoxy) is 3. The average molecular weight is 790 g/mol. The average Bonchev–Trinajstić information content (AvgIpc) is 3.15. The fraction of sp³-hybridized carbons (Fsp3) is 0.812. The zero-order chi connectivity index (χ0) is 41.4. The Kier molecular flexibility index (Phi) is 37.7. The van der Waals surface area contributed by atoms with E-state index in [-0.39, 0.29) is 42.7 Å². The molecule has 0 heterocycles. The van der Waals surface area contributed by atoms with E-state index in [1.165, 1.54) is 109 Å². The third-order valence-corrected chi connectivity index (χ3v) is 10.3. The Morgan fingerprint density at radius 2 is 1.00 bits per heavy atom. The minimum atomic E-state index is -1.12. The number of quaternary nitrogens is 1. The molecule has 0 aromatic rings. The molecular weight excluding hydrogens is 703 g/mol. The molecule has 8 nitrogen and oxygen atoms in total. The van der Waals surface area contributed by atoms with Crippen molar-refractivity contribution in [1.82, 2.24) is 0 Å². The Morgan fingerprint density at radius 1 is 0.554 bits per heavy atom. The summed E-state index contributed by atoms with van der Waals surface area (Å²) in [6, 6.07) is -0.723. The van der Waals surface area contributed by atoms with Crippen LogP contribution < -0.4 is 5.11 Å². The largest absolute Gasteiger partial charge is 0.544 e. The third-order valence-electron chi connectivity index (χ3n) is 10.3. The van der Waals surface area contributed by atoms with E-state index in [1.54, 1.807) is 21.1 Å².